The van der Waals surface area contributed by atoms with Crippen molar-refractivity contribution in [3.8, 4) is 0 Å². The summed E-state index contributed by atoms with van der Waals surface area (Å²) in [6.45, 7) is 0.199. The van der Waals surface area contributed by atoms with E-state index in [1.807, 2.05) is 30.3 Å². The fourth-order valence-electron chi connectivity index (χ4n) is 2.51. The van der Waals surface area contributed by atoms with Crippen LogP contribution < -0.4 is 5.32 Å². The number of hydrogen-bond acceptors (Lipinski definition) is 3. The van der Waals surface area contributed by atoms with E-state index in [1.54, 1.807) is 18.2 Å². The minimum atomic E-state index is -0.385. The lowest BCUT2D eigenvalue weighted by atomic mass is 9.88. The van der Waals surface area contributed by atoms with Gasteiger partial charge in [0.15, 0.2) is 0 Å². The lowest BCUT2D eigenvalue weighted by Gasteiger charge is -2.18. The number of carbonyl (C=O) groups excluding carboxylic acids is 2. The van der Waals surface area contributed by atoms with Crippen LogP contribution in [-0.2, 0) is 14.3 Å². The monoisotopic (exact) mass is 329 g/mol. The molecule has 24 heavy (non-hydrogen) atoms. The number of halogens is 1. The van der Waals surface area contributed by atoms with Crippen LogP contribution in [0.1, 0.15) is 29.9 Å². The minimum absolute atomic E-state index is 0.103. The second-order valence-corrected chi connectivity index (χ2v) is 5.36. The second-order valence-electron chi connectivity index (χ2n) is 5.36. The van der Waals surface area contributed by atoms with Gasteiger partial charge in [-0.15, -0.1) is 0 Å². The molecule has 0 aliphatic carbocycles. The van der Waals surface area contributed by atoms with Crippen LogP contribution in [-0.4, -0.2) is 25.5 Å². The molecule has 0 saturated carbocycles. The van der Waals surface area contributed by atoms with Gasteiger partial charge in [0.25, 0.3) is 0 Å². The summed E-state index contributed by atoms with van der Waals surface area (Å²) in [5, 5.41) is 2.68. The molecule has 0 aliphatic rings. The van der Waals surface area contributed by atoms with Crippen molar-refractivity contribution in [2.45, 2.75) is 18.8 Å². The van der Waals surface area contributed by atoms with Crippen molar-refractivity contribution in [2.24, 2.45) is 0 Å². The highest BCUT2D eigenvalue weighted by molar-refractivity contribution is 5.78. The van der Waals surface area contributed by atoms with Crippen LogP contribution in [0.3, 0.4) is 0 Å². The number of hydrogen-bond donors (Lipinski definition) is 1. The highest BCUT2D eigenvalue weighted by atomic mass is 19.1. The summed E-state index contributed by atoms with van der Waals surface area (Å²) < 4.78 is 18.7. The summed E-state index contributed by atoms with van der Waals surface area (Å²) in [6.07, 6.45) is 0.212. The Kier molecular flexibility index (Phi) is 6.49. The van der Waals surface area contributed by atoms with Gasteiger partial charge in [-0.05, 0) is 17.2 Å². The predicted molar refractivity (Wildman–Crippen MR) is 88.9 cm³/mol. The van der Waals surface area contributed by atoms with Crippen LogP contribution in [0, 0.1) is 5.82 Å². The summed E-state index contributed by atoms with van der Waals surface area (Å²) in [4.78, 5) is 23.3. The first kappa shape index (κ1) is 17.7. The molecule has 0 heterocycles. The largest absolute Gasteiger partial charge is 0.469 e. The second kappa shape index (κ2) is 8.82. The van der Waals surface area contributed by atoms with E-state index in [2.05, 4.69) is 10.1 Å². The average molecular weight is 329 g/mol. The van der Waals surface area contributed by atoms with Crippen LogP contribution >= 0.6 is 0 Å². The summed E-state index contributed by atoms with van der Waals surface area (Å²) in [5.41, 5.74) is 1.34. The van der Waals surface area contributed by atoms with Gasteiger partial charge in [0.2, 0.25) is 5.91 Å². The Morgan fingerprint density at radius 2 is 1.75 bits per heavy atom. The topological polar surface area (TPSA) is 55.4 Å². The number of benzene rings is 2. The van der Waals surface area contributed by atoms with Crippen molar-refractivity contribution in [1.29, 1.82) is 0 Å². The molecule has 1 N–H and O–H groups in total. The first-order chi connectivity index (χ1) is 11.6. The Balaban J connectivity index is 2.11. The van der Waals surface area contributed by atoms with Crippen molar-refractivity contribution in [1.82, 2.24) is 5.32 Å². The Labute approximate surface area is 140 Å². The number of esters is 1. The van der Waals surface area contributed by atoms with Crippen LogP contribution in [0.15, 0.2) is 54.6 Å². The molecule has 0 radical (unpaired) electrons. The number of amides is 1. The lowest BCUT2D eigenvalue weighted by molar-refractivity contribution is -0.140. The van der Waals surface area contributed by atoms with Crippen LogP contribution in [0.4, 0.5) is 4.39 Å². The summed E-state index contributed by atoms with van der Waals surface area (Å²) in [6, 6.07) is 15.8. The zero-order chi connectivity index (χ0) is 17.4. The fraction of sp³-hybridized carbons (Fsp3) is 0.263. The maximum absolute atomic E-state index is 14.2. The van der Waals surface area contributed by atoms with Gasteiger partial charge in [0, 0.05) is 18.9 Å². The third-order valence-corrected chi connectivity index (χ3v) is 3.75. The van der Waals surface area contributed by atoms with Gasteiger partial charge in [-0.25, -0.2) is 4.39 Å². The molecule has 4 nitrogen and oxygen atoms in total. The summed E-state index contributed by atoms with van der Waals surface area (Å²) in [7, 11) is 1.30. The minimum Gasteiger partial charge on any atom is -0.469 e. The molecule has 0 aliphatic heterocycles. The number of nitrogens with one attached hydrogen (secondary N) is 1. The number of methoxy groups -OCH3 is 1. The smallest absolute Gasteiger partial charge is 0.307 e. The molecular weight excluding hydrogens is 309 g/mol. The van der Waals surface area contributed by atoms with Crippen LogP contribution in [0.5, 0.6) is 0 Å². The van der Waals surface area contributed by atoms with Crippen molar-refractivity contribution >= 4 is 11.9 Å². The quantitative estimate of drug-likeness (QED) is 0.795. The third kappa shape index (κ3) is 4.91. The molecule has 2 aromatic rings. The van der Waals surface area contributed by atoms with Gasteiger partial charge in [-0.3, -0.25) is 9.59 Å². The van der Waals surface area contributed by atoms with Gasteiger partial charge in [0.1, 0.15) is 5.82 Å². The number of ether oxygens (including phenoxy) is 1. The molecule has 0 aromatic heterocycles. The Hall–Kier alpha value is -2.69. The standard InChI is InChI=1S/C19H20FNO3/c1-24-19(23)11-12-21-18(22)13-16(14-7-3-2-4-8-14)15-9-5-6-10-17(15)20/h2-10,16H,11-13H2,1H3,(H,21,22). The normalized spacial score (nSPS) is 11.6. The maximum atomic E-state index is 14.2. The first-order valence-electron chi connectivity index (χ1n) is 7.74. The van der Waals surface area contributed by atoms with Gasteiger partial charge >= 0.3 is 5.97 Å². The number of carbonyl (C=O) groups is 2. The highest BCUT2D eigenvalue weighted by Crippen LogP contribution is 2.29. The summed E-state index contributed by atoms with van der Waals surface area (Å²) >= 11 is 0. The SMILES string of the molecule is COC(=O)CCNC(=O)CC(c1ccccc1)c1ccccc1F. The Bertz CT molecular complexity index is 688. The molecule has 2 rings (SSSR count). The van der Waals surface area contributed by atoms with Crippen LogP contribution in [0.25, 0.3) is 0 Å². The molecule has 5 heteroatoms. The third-order valence-electron chi connectivity index (χ3n) is 3.75. The van der Waals surface area contributed by atoms with E-state index >= 15 is 0 Å². The van der Waals surface area contributed by atoms with Crippen molar-refractivity contribution in [2.75, 3.05) is 13.7 Å². The van der Waals surface area contributed by atoms with Gasteiger partial charge in [0.05, 0.1) is 13.5 Å². The van der Waals surface area contributed by atoms with Gasteiger partial charge in [-0.2, -0.15) is 0 Å². The van der Waals surface area contributed by atoms with Crippen molar-refractivity contribution in [3.05, 3.63) is 71.5 Å². The van der Waals surface area contributed by atoms with E-state index in [-0.39, 0.29) is 43.0 Å². The number of rotatable bonds is 7. The molecule has 0 fully saturated rings. The van der Waals surface area contributed by atoms with Crippen molar-refractivity contribution < 1.29 is 18.7 Å². The van der Waals surface area contributed by atoms with E-state index in [1.165, 1.54) is 13.2 Å². The van der Waals surface area contributed by atoms with E-state index in [9.17, 15) is 14.0 Å². The van der Waals surface area contributed by atoms with E-state index in [4.69, 9.17) is 0 Å². The average Bonchev–Trinajstić information content (AvgIpc) is 2.61. The zero-order valence-electron chi connectivity index (χ0n) is 13.5. The maximum Gasteiger partial charge on any atom is 0.307 e. The highest BCUT2D eigenvalue weighted by Gasteiger charge is 2.21. The van der Waals surface area contributed by atoms with E-state index < -0.39 is 0 Å². The first-order valence-corrected chi connectivity index (χ1v) is 7.74. The van der Waals surface area contributed by atoms with Crippen LogP contribution in [0.2, 0.25) is 0 Å². The molecule has 0 spiro atoms. The molecular formula is C19H20FNO3. The Morgan fingerprint density at radius 1 is 1.08 bits per heavy atom. The predicted octanol–water partition coefficient (Wildman–Crippen LogP) is 3.03. The van der Waals surface area contributed by atoms with Gasteiger partial charge in [-0.1, -0.05) is 48.5 Å². The molecule has 126 valence electrons. The molecule has 2 aromatic carbocycles. The Morgan fingerprint density at radius 3 is 2.42 bits per heavy atom. The fourth-order valence-corrected chi connectivity index (χ4v) is 2.51. The molecule has 0 bridgehead atoms. The molecule has 1 amide bonds. The summed E-state index contributed by atoms with van der Waals surface area (Å²) in [5.74, 6) is -1.35. The molecule has 1 atom stereocenters. The lowest BCUT2D eigenvalue weighted by Crippen LogP contribution is -2.28. The van der Waals surface area contributed by atoms with Crippen molar-refractivity contribution in [3.63, 3.8) is 0 Å². The molecule has 1 unspecified atom stereocenters. The zero-order valence-corrected chi connectivity index (χ0v) is 13.5. The van der Waals surface area contributed by atoms with E-state index in [0.29, 0.717) is 5.56 Å². The van der Waals surface area contributed by atoms with Gasteiger partial charge < -0.3 is 10.1 Å². The van der Waals surface area contributed by atoms with E-state index in [0.717, 1.165) is 5.56 Å². The molecule has 0 saturated heterocycles.